The second-order valence-electron chi connectivity index (χ2n) is 7.30. The van der Waals surface area contributed by atoms with Crippen molar-refractivity contribution in [1.29, 1.82) is 0 Å². The van der Waals surface area contributed by atoms with E-state index in [2.05, 4.69) is 26.2 Å². The number of rotatable bonds is 6. The highest BCUT2D eigenvalue weighted by atomic mass is 16.5. The van der Waals surface area contributed by atoms with Crippen molar-refractivity contribution in [3.63, 3.8) is 0 Å². The van der Waals surface area contributed by atoms with Crippen molar-refractivity contribution in [2.75, 3.05) is 20.3 Å². The van der Waals surface area contributed by atoms with Gasteiger partial charge in [0, 0.05) is 19.3 Å². The first kappa shape index (κ1) is 15.3. The lowest BCUT2D eigenvalue weighted by atomic mass is 9.69. The average molecular weight is 267 g/mol. The topological polar surface area (TPSA) is 21.3 Å². The van der Waals surface area contributed by atoms with Crippen molar-refractivity contribution < 1.29 is 4.74 Å². The molecular formula is C17H33NO. The summed E-state index contributed by atoms with van der Waals surface area (Å²) in [7, 11) is 2.18. The van der Waals surface area contributed by atoms with Crippen molar-refractivity contribution in [1.82, 2.24) is 5.32 Å². The van der Waals surface area contributed by atoms with E-state index in [9.17, 15) is 0 Å². The van der Waals surface area contributed by atoms with Gasteiger partial charge in [-0.1, -0.05) is 26.7 Å². The van der Waals surface area contributed by atoms with Gasteiger partial charge in [-0.15, -0.1) is 0 Å². The summed E-state index contributed by atoms with van der Waals surface area (Å²) < 4.78 is 5.51. The molecule has 0 amide bonds. The van der Waals surface area contributed by atoms with Gasteiger partial charge in [0.05, 0.1) is 0 Å². The third kappa shape index (κ3) is 3.95. The van der Waals surface area contributed by atoms with E-state index in [-0.39, 0.29) is 0 Å². The molecule has 0 aromatic heterocycles. The van der Waals surface area contributed by atoms with Crippen LogP contribution < -0.4 is 5.32 Å². The van der Waals surface area contributed by atoms with E-state index in [4.69, 9.17) is 4.74 Å². The predicted octanol–water partition coefficient (Wildman–Crippen LogP) is 4.00. The fraction of sp³-hybridized carbons (Fsp3) is 1.00. The second kappa shape index (κ2) is 7.08. The van der Waals surface area contributed by atoms with Crippen LogP contribution in [0.5, 0.6) is 0 Å². The third-order valence-corrected chi connectivity index (χ3v) is 5.41. The van der Waals surface area contributed by atoms with E-state index in [1.807, 2.05) is 0 Å². The summed E-state index contributed by atoms with van der Waals surface area (Å²) in [5.74, 6) is 1.71. The summed E-state index contributed by atoms with van der Waals surface area (Å²) in [6.07, 6.45) is 11.1. The smallest absolute Gasteiger partial charge is 0.0468 e. The monoisotopic (exact) mass is 267 g/mol. The van der Waals surface area contributed by atoms with Crippen LogP contribution in [0.4, 0.5) is 0 Å². The average Bonchev–Trinajstić information content (AvgIpc) is 2.85. The van der Waals surface area contributed by atoms with Gasteiger partial charge in [0.2, 0.25) is 0 Å². The first-order valence-electron chi connectivity index (χ1n) is 8.41. The van der Waals surface area contributed by atoms with E-state index in [1.54, 1.807) is 0 Å². The molecule has 1 saturated carbocycles. The lowest BCUT2D eigenvalue weighted by Gasteiger charge is -2.41. The number of nitrogens with one attached hydrogen (secondary N) is 1. The molecule has 112 valence electrons. The minimum Gasteiger partial charge on any atom is -0.381 e. The van der Waals surface area contributed by atoms with E-state index in [0.29, 0.717) is 5.41 Å². The quantitative estimate of drug-likeness (QED) is 0.785. The van der Waals surface area contributed by atoms with Crippen molar-refractivity contribution in [3.05, 3.63) is 0 Å². The molecule has 1 saturated heterocycles. The zero-order valence-corrected chi connectivity index (χ0v) is 13.2. The van der Waals surface area contributed by atoms with Crippen LogP contribution in [0.2, 0.25) is 0 Å². The summed E-state index contributed by atoms with van der Waals surface area (Å²) in [5.41, 5.74) is 0.585. The van der Waals surface area contributed by atoms with Gasteiger partial charge in [0.25, 0.3) is 0 Å². The van der Waals surface area contributed by atoms with E-state index in [1.165, 1.54) is 51.4 Å². The van der Waals surface area contributed by atoms with Crippen molar-refractivity contribution >= 4 is 0 Å². The van der Waals surface area contributed by atoms with Gasteiger partial charge in [-0.05, 0) is 62.8 Å². The van der Waals surface area contributed by atoms with Crippen molar-refractivity contribution in [2.45, 2.75) is 71.3 Å². The summed E-state index contributed by atoms with van der Waals surface area (Å²) in [6.45, 7) is 6.75. The molecule has 0 aromatic carbocycles. The van der Waals surface area contributed by atoms with Crippen LogP contribution in [0, 0.1) is 17.3 Å². The molecule has 0 radical (unpaired) electrons. The lowest BCUT2D eigenvalue weighted by Crippen LogP contribution is -2.44. The predicted molar refractivity (Wildman–Crippen MR) is 81.4 cm³/mol. The Morgan fingerprint density at radius 1 is 1.16 bits per heavy atom. The third-order valence-electron chi connectivity index (χ3n) is 5.41. The Morgan fingerprint density at radius 2 is 1.79 bits per heavy atom. The molecule has 2 aliphatic rings. The van der Waals surface area contributed by atoms with Crippen LogP contribution in [0.25, 0.3) is 0 Å². The largest absolute Gasteiger partial charge is 0.381 e. The molecular weight excluding hydrogens is 234 g/mol. The molecule has 1 heterocycles. The number of hydrogen-bond donors (Lipinski definition) is 1. The molecule has 2 nitrogen and oxygen atoms in total. The molecule has 2 heteroatoms. The Hall–Kier alpha value is -0.0800. The van der Waals surface area contributed by atoms with Gasteiger partial charge in [-0.3, -0.25) is 0 Å². The molecule has 1 atom stereocenters. The summed E-state index contributed by atoms with van der Waals surface area (Å²) >= 11 is 0. The molecule has 2 rings (SSSR count). The van der Waals surface area contributed by atoms with Gasteiger partial charge >= 0.3 is 0 Å². The maximum Gasteiger partial charge on any atom is 0.0468 e. The highest BCUT2D eigenvalue weighted by Crippen LogP contribution is 2.47. The van der Waals surface area contributed by atoms with Crippen LogP contribution in [0.1, 0.15) is 65.2 Å². The number of ether oxygens (including phenoxy) is 1. The van der Waals surface area contributed by atoms with Crippen LogP contribution in [-0.4, -0.2) is 26.3 Å². The highest BCUT2D eigenvalue weighted by molar-refractivity contribution is 4.95. The van der Waals surface area contributed by atoms with Gasteiger partial charge in [-0.25, -0.2) is 0 Å². The Balaban J connectivity index is 1.99. The Kier molecular flexibility index (Phi) is 5.70. The molecule has 0 aromatic rings. The highest BCUT2D eigenvalue weighted by Gasteiger charge is 2.41. The normalized spacial score (nSPS) is 25.9. The maximum atomic E-state index is 5.51. The number of hydrogen-bond acceptors (Lipinski definition) is 2. The molecule has 0 spiro atoms. The second-order valence-corrected chi connectivity index (χ2v) is 7.30. The molecule has 19 heavy (non-hydrogen) atoms. The molecule has 1 unspecified atom stereocenters. The van der Waals surface area contributed by atoms with Crippen LogP contribution >= 0.6 is 0 Å². The van der Waals surface area contributed by atoms with E-state index < -0.39 is 0 Å². The van der Waals surface area contributed by atoms with Crippen LogP contribution in [-0.2, 0) is 4.74 Å². The van der Waals surface area contributed by atoms with Gasteiger partial charge in [0.1, 0.15) is 0 Å². The Bertz CT molecular complexity index is 252. The Labute approximate surface area is 119 Å². The Morgan fingerprint density at radius 3 is 2.32 bits per heavy atom. The van der Waals surface area contributed by atoms with Crippen LogP contribution in [0.15, 0.2) is 0 Å². The lowest BCUT2D eigenvalue weighted by molar-refractivity contribution is 0.0482. The molecule has 2 fully saturated rings. The maximum absolute atomic E-state index is 5.51. The van der Waals surface area contributed by atoms with Crippen LogP contribution in [0.3, 0.4) is 0 Å². The van der Waals surface area contributed by atoms with Gasteiger partial charge < -0.3 is 10.1 Å². The minimum atomic E-state index is 0.585. The summed E-state index contributed by atoms with van der Waals surface area (Å²) in [4.78, 5) is 0. The zero-order valence-electron chi connectivity index (χ0n) is 13.2. The zero-order chi connectivity index (χ0) is 13.7. The standard InChI is InChI=1S/C17H33NO/c1-14(2)13-17(8-4-5-9-17)16(18-3)12-15-6-10-19-11-7-15/h14-16,18H,4-13H2,1-3H3. The molecule has 0 bridgehead atoms. The van der Waals surface area contributed by atoms with E-state index in [0.717, 1.165) is 31.1 Å². The fourth-order valence-electron chi connectivity index (χ4n) is 4.58. The van der Waals surface area contributed by atoms with Gasteiger partial charge in [-0.2, -0.15) is 0 Å². The molecule has 1 aliphatic carbocycles. The molecule has 1 aliphatic heterocycles. The fourth-order valence-corrected chi connectivity index (χ4v) is 4.58. The van der Waals surface area contributed by atoms with Crippen molar-refractivity contribution in [2.24, 2.45) is 17.3 Å². The first-order chi connectivity index (χ1) is 9.16. The first-order valence-corrected chi connectivity index (χ1v) is 8.41. The minimum absolute atomic E-state index is 0.585. The van der Waals surface area contributed by atoms with Gasteiger partial charge in [0.15, 0.2) is 0 Å². The SMILES string of the molecule is CNC(CC1CCOCC1)C1(CC(C)C)CCCC1. The molecule has 1 N–H and O–H groups in total. The summed E-state index contributed by atoms with van der Waals surface area (Å²) in [5, 5.41) is 3.70. The van der Waals surface area contributed by atoms with Crippen molar-refractivity contribution in [3.8, 4) is 0 Å². The summed E-state index contributed by atoms with van der Waals surface area (Å²) in [6, 6.07) is 0.723. The van der Waals surface area contributed by atoms with E-state index >= 15 is 0 Å².